The highest BCUT2D eigenvalue weighted by Gasteiger charge is 2.53. The molecule has 4 nitrogen and oxygen atoms in total. The molecular formula is C13H15BrO4S. The lowest BCUT2D eigenvalue weighted by atomic mass is 9.96. The van der Waals surface area contributed by atoms with E-state index in [2.05, 4.69) is 15.9 Å². The zero-order valence-electron chi connectivity index (χ0n) is 10.5. The molecule has 1 heterocycles. The molecule has 0 radical (unpaired) electrons. The Morgan fingerprint density at radius 1 is 1.53 bits per heavy atom. The van der Waals surface area contributed by atoms with Gasteiger partial charge in [-0.25, -0.2) is 4.79 Å². The van der Waals surface area contributed by atoms with Crippen LogP contribution >= 0.6 is 27.3 Å². The first-order chi connectivity index (χ1) is 9.03. The van der Waals surface area contributed by atoms with Crippen molar-refractivity contribution in [3.8, 4) is 0 Å². The number of thiophene rings is 1. The van der Waals surface area contributed by atoms with E-state index >= 15 is 0 Å². The molecule has 1 unspecified atom stereocenters. The quantitative estimate of drug-likeness (QED) is 0.488. The van der Waals surface area contributed by atoms with Crippen LogP contribution in [0.3, 0.4) is 0 Å². The van der Waals surface area contributed by atoms with Gasteiger partial charge in [-0.05, 0) is 31.9 Å². The van der Waals surface area contributed by atoms with Gasteiger partial charge in [-0.3, -0.25) is 4.79 Å². The Balaban J connectivity index is 2.31. The molecule has 104 valence electrons. The van der Waals surface area contributed by atoms with E-state index in [1.54, 1.807) is 19.1 Å². The van der Waals surface area contributed by atoms with Crippen molar-refractivity contribution < 1.29 is 19.4 Å². The third-order valence-electron chi connectivity index (χ3n) is 3.13. The lowest BCUT2D eigenvalue weighted by Crippen LogP contribution is -2.38. The highest BCUT2D eigenvalue weighted by Crippen LogP contribution is 2.48. The fourth-order valence-corrected chi connectivity index (χ4v) is 3.56. The third kappa shape index (κ3) is 2.75. The maximum Gasteiger partial charge on any atom is 0.343 e. The lowest BCUT2D eigenvalue weighted by molar-refractivity contribution is -0.168. The van der Waals surface area contributed by atoms with Gasteiger partial charge in [0.25, 0.3) is 0 Å². The molecule has 0 spiro atoms. The van der Waals surface area contributed by atoms with Crippen LogP contribution in [0.25, 0.3) is 0 Å². The maximum absolute atomic E-state index is 12.0. The van der Waals surface area contributed by atoms with E-state index in [4.69, 9.17) is 4.74 Å². The maximum atomic E-state index is 12.0. The summed E-state index contributed by atoms with van der Waals surface area (Å²) in [6.45, 7) is 1.94. The van der Waals surface area contributed by atoms with Gasteiger partial charge in [0.2, 0.25) is 0 Å². The molecule has 1 fully saturated rings. The number of Topliss-reactive ketones (excluding diaryl/α,β-unsaturated/α-hetero) is 1. The van der Waals surface area contributed by atoms with Crippen LogP contribution in [-0.2, 0) is 15.1 Å². The zero-order chi connectivity index (χ0) is 14.0. The Morgan fingerprint density at radius 3 is 2.74 bits per heavy atom. The molecule has 1 aliphatic carbocycles. The Morgan fingerprint density at radius 2 is 2.21 bits per heavy atom. The van der Waals surface area contributed by atoms with Crippen molar-refractivity contribution in [2.45, 2.75) is 25.4 Å². The number of carbonyl (C=O) groups is 2. The van der Waals surface area contributed by atoms with Crippen molar-refractivity contribution in [1.82, 2.24) is 0 Å². The highest BCUT2D eigenvalue weighted by molar-refractivity contribution is 9.09. The molecule has 0 aliphatic heterocycles. The second-order valence-electron chi connectivity index (χ2n) is 4.48. The number of carbonyl (C=O) groups excluding carboxylic acids is 2. The van der Waals surface area contributed by atoms with E-state index in [0.717, 1.165) is 24.2 Å². The molecule has 0 aromatic carbocycles. The molecule has 0 bridgehead atoms. The van der Waals surface area contributed by atoms with Crippen LogP contribution in [0.15, 0.2) is 12.1 Å². The molecule has 6 heteroatoms. The SMILES string of the molecule is CCOC(=O)C(O)(c1ccc(C(=O)CBr)s1)C1CC1. The van der Waals surface area contributed by atoms with Gasteiger partial charge in [-0.2, -0.15) is 0 Å². The fourth-order valence-electron chi connectivity index (χ4n) is 1.97. The smallest absolute Gasteiger partial charge is 0.343 e. The predicted molar refractivity (Wildman–Crippen MR) is 75.7 cm³/mol. The number of hydrogen-bond donors (Lipinski definition) is 1. The monoisotopic (exact) mass is 346 g/mol. The number of esters is 1. The Bertz CT molecular complexity index is 495. The number of alkyl halides is 1. The second kappa shape index (κ2) is 5.73. The first kappa shape index (κ1) is 14.7. The molecule has 1 aromatic rings. The van der Waals surface area contributed by atoms with Crippen LogP contribution in [-0.4, -0.2) is 28.8 Å². The summed E-state index contributed by atoms with van der Waals surface area (Å²) in [5.41, 5.74) is -1.59. The van der Waals surface area contributed by atoms with Gasteiger partial charge in [-0.1, -0.05) is 15.9 Å². The first-order valence-corrected chi connectivity index (χ1v) is 8.06. The van der Waals surface area contributed by atoms with E-state index in [-0.39, 0.29) is 23.6 Å². The molecule has 1 N–H and O–H groups in total. The minimum absolute atomic E-state index is 0.0572. The Kier molecular flexibility index (Phi) is 4.43. The van der Waals surface area contributed by atoms with E-state index in [9.17, 15) is 14.7 Å². The third-order valence-corrected chi connectivity index (χ3v) is 4.89. The van der Waals surface area contributed by atoms with Gasteiger partial charge in [-0.15, -0.1) is 11.3 Å². The fraction of sp³-hybridized carbons (Fsp3) is 0.538. The summed E-state index contributed by atoms with van der Waals surface area (Å²) >= 11 is 4.27. The minimum atomic E-state index is -1.59. The number of rotatable bonds is 6. The molecule has 1 aliphatic rings. The van der Waals surface area contributed by atoms with Crippen molar-refractivity contribution in [2.75, 3.05) is 11.9 Å². The van der Waals surface area contributed by atoms with Gasteiger partial charge in [0.05, 0.1) is 16.8 Å². The first-order valence-electron chi connectivity index (χ1n) is 6.13. The van der Waals surface area contributed by atoms with Crippen LogP contribution in [0, 0.1) is 5.92 Å². The van der Waals surface area contributed by atoms with Crippen LogP contribution in [0.1, 0.15) is 34.3 Å². The lowest BCUT2D eigenvalue weighted by Gasteiger charge is -2.24. The molecular weight excluding hydrogens is 332 g/mol. The molecule has 1 aromatic heterocycles. The standard InChI is InChI=1S/C13H15BrO4S/c1-2-18-12(16)13(17,8-3-4-8)11-6-5-10(19-11)9(15)7-14/h5-6,8,17H,2-4,7H2,1H3. The topological polar surface area (TPSA) is 63.6 Å². The summed E-state index contributed by atoms with van der Waals surface area (Å²) in [6, 6.07) is 3.30. The molecule has 0 saturated heterocycles. The molecule has 19 heavy (non-hydrogen) atoms. The van der Waals surface area contributed by atoms with Gasteiger partial charge in [0.15, 0.2) is 11.4 Å². The van der Waals surface area contributed by atoms with Crippen molar-refractivity contribution in [3.63, 3.8) is 0 Å². The molecule has 2 rings (SSSR count). The number of halogens is 1. The van der Waals surface area contributed by atoms with Crippen molar-refractivity contribution >= 4 is 39.0 Å². The molecule has 0 amide bonds. The largest absolute Gasteiger partial charge is 0.464 e. The molecule has 1 saturated carbocycles. The van der Waals surface area contributed by atoms with Crippen molar-refractivity contribution in [2.24, 2.45) is 5.92 Å². The number of ether oxygens (including phenoxy) is 1. The zero-order valence-corrected chi connectivity index (χ0v) is 12.9. The van der Waals surface area contributed by atoms with E-state index < -0.39 is 11.6 Å². The van der Waals surface area contributed by atoms with Gasteiger partial charge in [0, 0.05) is 10.8 Å². The number of aliphatic hydroxyl groups is 1. The van der Waals surface area contributed by atoms with Crippen LogP contribution in [0.2, 0.25) is 0 Å². The van der Waals surface area contributed by atoms with Crippen LogP contribution < -0.4 is 0 Å². The summed E-state index contributed by atoms with van der Waals surface area (Å²) in [4.78, 5) is 24.7. The van der Waals surface area contributed by atoms with E-state index in [1.807, 2.05) is 0 Å². The molecule has 1 atom stereocenters. The van der Waals surface area contributed by atoms with Crippen molar-refractivity contribution in [1.29, 1.82) is 0 Å². The van der Waals surface area contributed by atoms with Gasteiger partial charge >= 0.3 is 5.97 Å². The van der Waals surface area contributed by atoms with Gasteiger partial charge < -0.3 is 9.84 Å². The van der Waals surface area contributed by atoms with Crippen LogP contribution in [0.5, 0.6) is 0 Å². The average Bonchev–Trinajstić information content (AvgIpc) is 3.14. The normalized spacial score (nSPS) is 17.8. The summed E-state index contributed by atoms with van der Waals surface area (Å²) in [5.74, 6) is -0.771. The summed E-state index contributed by atoms with van der Waals surface area (Å²) in [6.07, 6.45) is 1.60. The van der Waals surface area contributed by atoms with E-state index in [1.165, 1.54) is 0 Å². The average molecular weight is 347 g/mol. The second-order valence-corrected chi connectivity index (χ2v) is 6.13. The summed E-state index contributed by atoms with van der Waals surface area (Å²) in [5, 5.41) is 10.9. The van der Waals surface area contributed by atoms with Crippen molar-refractivity contribution in [3.05, 3.63) is 21.9 Å². The summed E-state index contributed by atoms with van der Waals surface area (Å²) in [7, 11) is 0. The van der Waals surface area contributed by atoms with Gasteiger partial charge in [0.1, 0.15) is 0 Å². The van der Waals surface area contributed by atoms with Crippen LogP contribution in [0.4, 0.5) is 0 Å². The Hall–Kier alpha value is -0.720. The summed E-state index contributed by atoms with van der Waals surface area (Å²) < 4.78 is 4.98. The van der Waals surface area contributed by atoms with E-state index in [0.29, 0.717) is 9.75 Å². The Labute approximate surface area is 123 Å². The number of ketones is 1. The minimum Gasteiger partial charge on any atom is -0.464 e. The number of hydrogen-bond acceptors (Lipinski definition) is 5. The highest BCUT2D eigenvalue weighted by atomic mass is 79.9. The predicted octanol–water partition coefficient (Wildman–Crippen LogP) is 2.49.